The molecule has 0 saturated carbocycles. The van der Waals surface area contributed by atoms with Gasteiger partial charge in [-0.3, -0.25) is 20.2 Å². The third kappa shape index (κ3) is 6.08. The second-order valence-corrected chi connectivity index (χ2v) is 7.11. The first-order valence-electron chi connectivity index (χ1n) is 9.80. The van der Waals surface area contributed by atoms with Crippen molar-refractivity contribution < 1.29 is 49.0 Å². The maximum absolute atomic E-state index is 12.6. The Labute approximate surface area is 201 Å². The summed E-state index contributed by atoms with van der Waals surface area (Å²) < 4.78 is 10.2. The van der Waals surface area contributed by atoms with Crippen LogP contribution in [-0.2, 0) is 0 Å². The van der Waals surface area contributed by atoms with Crippen LogP contribution in [0.25, 0.3) is 0 Å². The number of non-ortho nitro benzene ring substituents is 1. The molecule has 0 radical (unpaired) electrons. The van der Waals surface area contributed by atoms with E-state index < -0.39 is 53.0 Å². The van der Waals surface area contributed by atoms with Crippen molar-refractivity contribution in [2.24, 2.45) is 0 Å². The summed E-state index contributed by atoms with van der Waals surface area (Å²) in [5.74, 6) is -2.71. The van der Waals surface area contributed by atoms with Gasteiger partial charge in [0.2, 0.25) is 0 Å². The standard InChI is InChI=1S/C20H14B2N2O12/c25-19(11-6-13(22(29)30)8-14(7-11)23(31)32)35-15-2-1-3-16(10-15)36-20(26)17-9-12(21(27)28)4-5-18(17)24(33)34/h1-10,27-30H. The summed E-state index contributed by atoms with van der Waals surface area (Å²) in [6.07, 6.45) is 0. The van der Waals surface area contributed by atoms with Gasteiger partial charge in [-0.1, -0.05) is 12.1 Å². The summed E-state index contributed by atoms with van der Waals surface area (Å²) in [7, 11) is -4.09. The zero-order valence-corrected chi connectivity index (χ0v) is 17.9. The third-order valence-corrected chi connectivity index (χ3v) is 4.65. The van der Waals surface area contributed by atoms with Gasteiger partial charge in [0.1, 0.15) is 17.1 Å². The van der Waals surface area contributed by atoms with Crippen LogP contribution < -0.4 is 20.4 Å². The lowest BCUT2D eigenvalue weighted by molar-refractivity contribution is -0.385. The molecule has 0 fully saturated rings. The fraction of sp³-hybridized carbons (Fsp3) is 0. The molecular formula is C20H14B2N2O12. The van der Waals surface area contributed by atoms with Gasteiger partial charge in [0.15, 0.2) is 0 Å². The largest absolute Gasteiger partial charge is 0.488 e. The first-order valence-corrected chi connectivity index (χ1v) is 9.80. The summed E-state index contributed by atoms with van der Waals surface area (Å²) in [6.45, 7) is 0. The summed E-state index contributed by atoms with van der Waals surface area (Å²) in [6, 6.07) is 10.5. The highest BCUT2D eigenvalue weighted by atomic mass is 16.6. The number of nitro benzene ring substituents is 2. The molecule has 0 amide bonds. The lowest BCUT2D eigenvalue weighted by Gasteiger charge is -2.09. The molecule has 0 bridgehead atoms. The predicted molar refractivity (Wildman–Crippen MR) is 122 cm³/mol. The van der Waals surface area contributed by atoms with Crippen LogP contribution >= 0.6 is 0 Å². The van der Waals surface area contributed by atoms with E-state index in [0.29, 0.717) is 0 Å². The summed E-state index contributed by atoms with van der Waals surface area (Å²) >= 11 is 0. The van der Waals surface area contributed by atoms with Gasteiger partial charge in [0.25, 0.3) is 11.4 Å². The number of nitrogens with zero attached hydrogens (tertiary/aromatic N) is 2. The number of hydrogen-bond donors (Lipinski definition) is 4. The van der Waals surface area contributed by atoms with E-state index in [1.165, 1.54) is 18.2 Å². The van der Waals surface area contributed by atoms with Crippen LogP contribution in [0.2, 0.25) is 0 Å². The average molecular weight is 496 g/mol. The van der Waals surface area contributed by atoms with E-state index in [0.717, 1.165) is 42.5 Å². The Hall–Kier alpha value is -4.63. The van der Waals surface area contributed by atoms with E-state index in [-0.39, 0.29) is 28.0 Å². The van der Waals surface area contributed by atoms with Crippen LogP contribution in [0.5, 0.6) is 11.5 Å². The number of carbonyl (C=O) groups is 2. The minimum atomic E-state index is -2.09. The molecule has 14 nitrogen and oxygen atoms in total. The fourth-order valence-electron chi connectivity index (χ4n) is 2.97. The first kappa shape index (κ1) is 26.0. The number of esters is 2. The summed E-state index contributed by atoms with van der Waals surface area (Å²) in [5.41, 5.74) is -2.70. The molecule has 4 N–H and O–H groups in total. The van der Waals surface area contributed by atoms with Crippen LogP contribution in [0.15, 0.2) is 60.7 Å². The van der Waals surface area contributed by atoms with Crippen LogP contribution in [0.3, 0.4) is 0 Å². The van der Waals surface area contributed by atoms with E-state index in [1.807, 2.05) is 0 Å². The molecule has 182 valence electrons. The normalized spacial score (nSPS) is 10.3. The van der Waals surface area contributed by atoms with Gasteiger partial charge >= 0.3 is 26.2 Å². The molecule has 3 rings (SSSR count). The van der Waals surface area contributed by atoms with Crippen molar-refractivity contribution in [3.63, 3.8) is 0 Å². The number of rotatable bonds is 8. The monoisotopic (exact) mass is 496 g/mol. The van der Waals surface area contributed by atoms with E-state index in [1.54, 1.807) is 0 Å². The highest BCUT2D eigenvalue weighted by molar-refractivity contribution is 6.59. The van der Waals surface area contributed by atoms with Gasteiger partial charge in [-0.15, -0.1) is 0 Å². The van der Waals surface area contributed by atoms with Crippen molar-refractivity contribution in [1.82, 2.24) is 0 Å². The van der Waals surface area contributed by atoms with E-state index >= 15 is 0 Å². The first-order chi connectivity index (χ1) is 17.0. The van der Waals surface area contributed by atoms with Crippen LogP contribution in [0, 0.1) is 20.2 Å². The molecule has 0 unspecified atom stereocenters. The molecule has 0 aliphatic rings. The van der Waals surface area contributed by atoms with E-state index in [4.69, 9.17) is 9.47 Å². The highest BCUT2D eigenvalue weighted by Crippen LogP contribution is 2.24. The van der Waals surface area contributed by atoms with Crippen molar-refractivity contribution in [1.29, 1.82) is 0 Å². The summed E-state index contributed by atoms with van der Waals surface area (Å²) in [5, 5.41) is 59.5. The van der Waals surface area contributed by atoms with Crippen molar-refractivity contribution >= 4 is 48.5 Å². The highest BCUT2D eigenvalue weighted by Gasteiger charge is 2.26. The molecule has 0 atom stereocenters. The van der Waals surface area contributed by atoms with Crippen molar-refractivity contribution in [3.8, 4) is 11.5 Å². The Morgan fingerprint density at radius 3 is 1.89 bits per heavy atom. The number of benzene rings is 3. The van der Waals surface area contributed by atoms with Crippen molar-refractivity contribution in [3.05, 3.63) is 92.0 Å². The molecule has 0 spiro atoms. The van der Waals surface area contributed by atoms with Crippen LogP contribution in [0.4, 0.5) is 11.4 Å². The Bertz CT molecular complexity index is 1360. The van der Waals surface area contributed by atoms with Crippen LogP contribution in [-0.4, -0.2) is 56.1 Å². The minimum absolute atomic E-state index is 0.183. The van der Waals surface area contributed by atoms with Gasteiger partial charge in [0.05, 0.1) is 15.4 Å². The van der Waals surface area contributed by atoms with Gasteiger partial charge in [-0.2, -0.15) is 0 Å². The molecule has 0 aliphatic heterocycles. The van der Waals surface area contributed by atoms with Gasteiger partial charge in [-0.05, 0) is 35.2 Å². The summed E-state index contributed by atoms with van der Waals surface area (Å²) in [4.78, 5) is 45.7. The molecule has 16 heteroatoms. The quantitative estimate of drug-likeness (QED) is 0.100. The van der Waals surface area contributed by atoms with E-state index in [9.17, 15) is 49.9 Å². The zero-order valence-electron chi connectivity index (χ0n) is 17.9. The minimum Gasteiger partial charge on any atom is -0.423 e. The van der Waals surface area contributed by atoms with Gasteiger partial charge in [0, 0.05) is 24.3 Å². The van der Waals surface area contributed by atoms with Gasteiger partial charge in [-0.25, -0.2) is 9.59 Å². The Kier molecular flexibility index (Phi) is 7.76. The van der Waals surface area contributed by atoms with Gasteiger partial charge < -0.3 is 29.6 Å². The molecule has 0 aliphatic carbocycles. The lowest BCUT2D eigenvalue weighted by atomic mass is 9.79. The second kappa shape index (κ2) is 10.7. The average Bonchev–Trinajstić information content (AvgIpc) is 2.83. The molecule has 36 heavy (non-hydrogen) atoms. The topological polar surface area (TPSA) is 220 Å². The third-order valence-electron chi connectivity index (χ3n) is 4.65. The maximum Gasteiger partial charge on any atom is 0.488 e. The fourth-order valence-corrected chi connectivity index (χ4v) is 2.97. The molecule has 0 heterocycles. The molecule has 0 saturated heterocycles. The molecule has 3 aromatic carbocycles. The Morgan fingerprint density at radius 2 is 1.33 bits per heavy atom. The number of ether oxygens (including phenoxy) is 2. The number of nitro groups is 2. The predicted octanol–water partition coefficient (Wildman–Crippen LogP) is -0.699. The number of carbonyl (C=O) groups excluding carboxylic acids is 2. The molecule has 3 aromatic rings. The number of hydrogen-bond acceptors (Lipinski definition) is 12. The SMILES string of the molecule is O=C(Oc1cccc(OC(=O)c2cc(B(O)O)ccc2[N+](=O)[O-])c1)c1cc(B(O)O)cc([N+](=O)[O-])c1. The second-order valence-electron chi connectivity index (χ2n) is 7.11. The zero-order chi connectivity index (χ0) is 26.6. The van der Waals surface area contributed by atoms with E-state index in [2.05, 4.69) is 0 Å². The Balaban J connectivity index is 1.84. The van der Waals surface area contributed by atoms with Crippen LogP contribution in [0.1, 0.15) is 20.7 Å². The Morgan fingerprint density at radius 1 is 0.722 bits per heavy atom. The molecular weight excluding hydrogens is 482 g/mol. The smallest absolute Gasteiger partial charge is 0.423 e. The lowest BCUT2D eigenvalue weighted by Crippen LogP contribution is -2.31. The maximum atomic E-state index is 12.6. The molecule has 0 aromatic heterocycles. The van der Waals surface area contributed by atoms with Crippen molar-refractivity contribution in [2.75, 3.05) is 0 Å². The van der Waals surface area contributed by atoms with Crippen molar-refractivity contribution in [2.45, 2.75) is 0 Å².